The van der Waals surface area contributed by atoms with E-state index in [1.54, 1.807) is 66.7 Å². The Morgan fingerprint density at radius 2 is 1.78 bits per heavy atom. The second kappa shape index (κ2) is 9.23. The van der Waals surface area contributed by atoms with Crippen molar-refractivity contribution < 1.29 is 14.2 Å². The molecule has 0 fully saturated rings. The first-order chi connectivity index (χ1) is 15.5. The van der Waals surface area contributed by atoms with Crippen LogP contribution < -0.4 is 5.32 Å². The van der Waals surface area contributed by atoms with Crippen LogP contribution in [-0.4, -0.2) is 21.0 Å². The smallest absolute Gasteiger partial charge is 0.274 e. The van der Waals surface area contributed by atoms with Gasteiger partial charge in [0, 0.05) is 28.3 Å². The predicted molar refractivity (Wildman–Crippen MR) is 120 cm³/mol. The van der Waals surface area contributed by atoms with E-state index in [9.17, 15) is 14.9 Å². The topological polar surface area (TPSA) is 111 Å². The van der Waals surface area contributed by atoms with E-state index in [1.807, 2.05) is 0 Å². The number of nitrogens with one attached hydrogen (secondary N) is 1. The summed E-state index contributed by atoms with van der Waals surface area (Å²) in [7, 11) is 0. The van der Waals surface area contributed by atoms with Crippen molar-refractivity contribution in [2.24, 2.45) is 0 Å². The summed E-state index contributed by atoms with van der Waals surface area (Å²) in [5.74, 6) is -0.0465. The number of rotatable bonds is 6. The maximum absolute atomic E-state index is 12.7. The molecule has 0 unspecified atom stereocenters. The van der Waals surface area contributed by atoms with Crippen LogP contribution in [-0.2, 0) is 0 Å². The van der Waals surface area contributed by atoms with Gasteiger partial charge in [0.25, 0.3) is 17.5 Å². The van der Waals surface area contributed by atoms with Gasteiger partial charge in [0.05, 0.1) is 4.92 Å². The zero-order chi connectivity index (χ0) is 22.5. The van der Waals surface area contributed by atoms with E-state index in [1.165, 1.54) is 18.2 Å². The molecule has 0 bridgehead atoms. The monoisotopic (exact) mass is 446 g/mol. The quantitative estimate of drug-likeness (QED) is 0.321. The summed E-state index contributed by atoms with van der Waals surface area (Å²) in [6, 6.07) is 21.4. The molecular formula is C23H15ClN4O4. The van der Waals surface area contributed by atoms with E-state index in [0.29, 0.717) is 27.5 Å². The highest BCUT2D eigenvalue weighted by Crippen LogP contribution is 2.23. The third-order valence-electron chi connectivity index (χ3n) is 4.44. The van der Waals surface area contributed by atoms with Gasteiger partial charge in [-0.15, -0.1) is 0 Å². The third-order valence-corrected chi connectivity index (χ3v) is 4.69. The average Bonchev–Trinajstić information content (AvgIpc) is 3.30. The molecule has 0 atom stereocenters. The summed E-state index contributed by atoms with van der Waals surface area (Å²) < 4.78 is 5.39. The van der Waals surface area contributed by atoms with Crippen LogP contribution in [0.15, 0.2) is 83.4 Å². The Bertz CT molecular complexity index is 1300. The Labute approximate surface area is 187 Å². The van der Waals surface area contributed by atoms with Crippen LogP contribution in [0.3, 0.4) is 0 Å². The lowest BCUT2D eigenvalue weighted by Gasteiger charge is -2.07. The van der Waals surface area contributed by atoms with Gasteiger partial charge in [0.15, 0.2) is 0 Å². The molecule has 1 heterocycles. The largest absolute Gasteiger partial charge is 0.332 e. The first-order valence-corrected chi connectivity index (χ1v) is 9.80. The first kappa shape index (κ1) is 21.0. The number of nitro benzene ring substituents is 1. The Balaban J connectivity index is 1.72. The minimum Gasteiger partial charge on any atom is -0.332 e. The lowest BCUT2D eigenvalue weighted by atomic mass is 10.1. The summed E-state index contributed by atoms with van der Waals surface area (Å²) in [6.07, 6.45) is 1.53. The second-order valence-electron chi connectivity index (χ2n) is 6.66. The molecule has 9 heteroatoms. The minimum atomic E-state index is -0.495. The fourth-order valence-electron chi connectivity index (χ4n) is 2.88. The summed E-state index contributed by atoms with van der Waals surface area (Å²) in [5.41, 5.74) is 1.70. The van der Waals surface area contributed by atoms with Crippen molar-refractivity contribution in [2.45, 2.75) is 0 Å². The van der Waals surface area contributed by atoms with Gasteiger partial charge in [-0.25, -0.2) is 0 Å². The minimum absolute atomic E-state index is 0.0470. The molecule has 158 valence electrons. The van der Waals surface area contributed by atoms with Crippen LogP contribution in [0.1, 0.15) is 21.8 Å². The zero-order valence-corrected chi connectivity index (χ0v) is 17.2. The van der Waals surface area contributed by atoms with E-state index in [-0.39, 0.29) is 17.3 Å². The molecule has 0 radical (unpaired) electrons. The van der Waals surface area contributed by atoms with Crippen LogP contribution in [0.25, 0.3) is 23.2 Å². The molecule has 4 aromatic rings. The molecule has 4 rings (SSSR count). The lowest BCUT2D eigenvalue weighted by molar-refractivity contribution is -0.384. The Hall–Kier alpha value is -4.30. The Morgan fingerprint density at radius 1 is 1.03 bits per heavy atom. The number of nitrogens with zero attached hydrogens (tertiary/aromatic N) is 3. The number of aromatic nitrogens is 2. The van der Waals surface area contributed by atoms with Crippen molar-refractivity contribution in [3.63, 3.8) is 0 Å². The highest BCUT2D eigenvalue weighted by molar-refractivity contribution is 6.30. The fourth-order valence-corrected chi connectivity index (χ4v) is 3.01. The maximum Gasteiger partial charge on any atom is 0.274 e. The highest BCUT2D eigenvalue weighted by Gasteiger charge is 2.17. The summed E-state index contributed by atoms with van der Waals surface area (Å²) in [5, 5.41) is 18.4. The average molecular weight is 447 g/mol. The summed E-state index contributed by atoms with van der Waals surface area (Å²) >= 11 is 5.93. The van der Waals surface area contributed by atoms with Gasteiger partial charge < -0.3 is 9.84 Å². The standard InChI is InChI=1S/C23H15ClN4O4/c24-18-11-9-16(10-12-18)21-26-23(32-27-21)20(25-22(29)17-6-2-1-3-7-17)14-15-5-4-8-19(13-15)28(30)31/h1-14H,(H,25,29)/b20-14-. The summed E-state index contributed by atoms with van der Waals surface area (Å²) in [6.45, 7) is 0. The molecule has 3 aromatic carbocycles. The molecule has 0 aliphatic rings. The van der Waals surface area contributed by atoms with Gasteiger partial charge in [-0.1, -0.05) is 47.1 Å². The number of hydrogen-bond acceptors (Lipinski definition) is 6. The maximum atomic E-state index is 12.7. The molecule has 0 spiro atoms. The number of non-ortho nitro benzene ring substituents is 1. The van der Waals surface area contributed by atoms with Gasteiger partial charge in [-0.2, -0.15) is 4.98 Å². The van der Waals surface area contributed by atoms with Crippen molar-refractivity contribution in [3.05, 3.63) is 111 Å². The van der Waals surface area contributed by atoms with Crippen LogP contribution in [0.4, 0.5) is 5.69 Å². The van der Waals surface area contributed by atoms with E-state index < -0.39 is 10.8 Å². The fraction of sp³-hybridized carbons (Fsp3) is 0. The van der Waals surface area contributed by atoms with Crippen molar-refractivity contribution in [1.82, 2.24) is 15.5 Å². The van der Waals surface area contributed by atoms with Crippen LogP contribution in [0.2, 0.25) is 5.02 Å². The molecule has 0 saturated heterocycles. The van der Waals surface area contributed by atoms with Crippen molar-refractivity contribution >= 4 is 35.0 Å². The number of carbonyl (C=O) groups is 1. The van der Waals surface area contributed by atoms with E-state index in [2.05, 4.69) is 15.5 Å². The van der Waals surface area contributed by atoms with E-state index >= 15 is 0 Å². The molecule has 0 aliphatic carbocycles. The first-order valence-electron chi connectivity index (χ1n) is 9.42. The van der Waals surface area contributed by atoms with Crippen LogP contribution >= 0.6 is 11.6 Å². The third kappa shape index (κ3) is 4.88. The molecule has 1 aromatic heterocycles. The molecule has 32 heavy (non-hydrogen) atoms. The predicted octanol–water partition coefficient (Wildman–Crippen LogP) is 5.23. The number of nitro groups is 1. The van der Waals surface area contributed by atoms with E-state index in [0.717, 1.165) is 0 Å². The molecule has 1 amide bonds. The number of hydrogen-bond donors (Lipinski definition) is 1. The van der Waals surface area contributed by atoms with Gasteiger partial charge in [0.1, 0.15) is 5.70 Å². The van der Waals surface area contributed by atoms with Gasteiger partial charge >= 0.3 is 0 Å². The second-order valence-corrected chi connectivity index (χ2v) is 7.10. The van der Waals surface area contributed by atoms with E-state index in [4.69, 9.17) is 16.1 Å². The lowest BCUT2D eigenvalue weighted by Crippen LogP contribution is -2.22. The SMILES string of the molecule is O=C(N/C(=C\c1cccc([N+](=O)[O-])c1)c1nc(-c2ccc(Cl)cc2)no1)c1ccccc1. The highest BCUT2D eigenvalue weighted by atomic mass is 35.5. The molecule has 1 N–H and O–H groups in total. The molecule has 8 nitrogen and oxygen atoms in total. The van der Waals surface area contributed by atoms with Crippen molar-refractivity contribution in [3.8, 4) is 11.4 Å². The van der Waals surface area contributed by atoms with Gasteiger partial charge in [-0.3, -0.25) is 14.9 Å². The van der Waals surface area contributed by atoms with Gasteiger partial charge in [0.2, 0.25) is 5.82 Å². The summed E-state index contributed by atoms with van der Waals surface area (Å²) in [4.78, 5) is 27.7. The van der Waals surface area contributed by atoms with Gasteiger partial charge in [-0.05, 0) is 48.0 Å². The van der Waals surface area contributed by atoms with Crippen LogP contribution in [0, 0.1) is 10.1 Å². The molecule has 0 aliphatic heterocycles. The zero-order valence-electron chi connectivity index (χ0n) is 16.4. The van der Waals surface area contributed by atoms with Crippen molar-refractivity contribution in [1.29, 1.82) is 0 Å². The number of halogens is 1. The number of carbonyl (C=O) groups excluding carboxylic acids is 1. The molecule has 0 saturated carbocycles. The Kier molecular flexibility index (Phi) is 6.05. The number of benzene rings is 3. The Morgan fingerprint density at radius 3 is 2.50 bits per heavy atom. The molecular weight excluding hydrogens is 432 g/mol. The van der Waals surface area contributed by atoms with Crippen LogP contribution in [0.5, 0.6) is 0 Å². The number of amides is 1. The van der Waals surface area contributed by atoms with Crippen molar-refractivity contribution in [2.75, 3.05) is 0 Å². The normalized spacial score (nSPS) is 11.2.